The van der Waals surface area contributed by atoms with Crippen LogP contribution in [0.3, 0.4) is 0 Å². The lowest BCUT2D eigenvalue weighted by atomic mass is 10.1. The summed E-state index contributed by atoms with van der Waals surface area (Å²) in [6, 6.07) is 16.5. The topological polar surface area (TPSA) is 106 Å². The van der Waals surface area contributed by atoms with E-state index in [9.17, 15) is 4.79 Å². The predicted octanol–water partition coefficient (Wildman–Crippen LogP) is 3.80. The van der Waals surface area contributed by atoms with Gasteiger partial charge >= 0.3 is 0 Å². The van der Waals surface area contributed by atoms with Crippen molar-refractivity contribution in [1.29, 1.82) is 5.41 Å². The molecule has 0 radical (unpaired) electrons. The summed E-state index contributed by atoms with van der Waals surface area (Å²) in [6.07, 6.45) is 9.11. The number of nitrogens with one attached hydrogen (secondary N) is 2. The van der Waals surface area contributed by atoms with Crippen molar-refractivity contribution in [2.24, 2.45) is 0 Å². The fourth-order valence-corrected chi connectivity index (χ4v) is 3.16. The van der Waals surface area contributed by atoms with Crippen LogP contribution in [-0.4, -0.2) is 33.1 Å². The fraction of sp³-hybridized carbons (Fsp3) is 0.0417. The van der Waals surface area contributed by atoms with Crippen molar-refractivity contribution in [3.63, 3.8) is 0 Å². The van der Waals surface area contributed by atoms with Crippen LogP contribution in [0.5, 0.6) is 5.75 Å². The molecule has 2 N–H and O–H groups in total. The fourth-order valence-electron chi connectivity index (χ4n) is 3.16. The molecular weight excluding hydrogens is 404 g/mol. The van der Waals surface area contributed by atoms with Crippen LogP contribution in [0.4, 0.5) is 5.69 Å². The van der Waals surface area contributed by atoms with Gasteiger partial charge in [0.1, 0.15) is 17.8 Å². The molecule has 0 unspecified atom stereocenters. The monoisotopic (exact) mass is 424 g/mol. The van der Waals surface area contributed by atoms with Gasteiger partial charge in [-0.05, 0) is 35.9 Å². The number of rotatable bonds is 7. The Bertz CT molecular complexity index is 1320. The van der Waals surface area contributed by atoms with E-state index in [0.717, 1.165) is 23.0 Å². The first kappa shape index (κ1) is 20.7. The van der Waals surface area contributed by atoms with E-state index in [4.69, 9.17) is 10.1 Å². The van der Waals surface area contributed by atoms with Gasteiger partial charge in [0.25, 0.3) is 0 Å². The molecule has 8 nitrogen and oxygen atoms in total. The van der Waals surface area contributed by atoms with E-state index in [1.54, 1.807) is 30.4 Å². The van der Waals surface area contributed by atoms with Gasteiger partial charge in [-0.3, -0.25) is 4.79 Å². The van der Waals surface area contributed by atoms with E-state index in [0.29, 0.717) is 17.1 Å². The summed E-state index contributed by atoms with van der Waals surface area (Å²) in [5, 5.41) is 15.2. The maximum absolute atomic E-state index is 12.6. The molecular formula is C24H20N6O2. The van der Waals surface area contributed by atoms with E-state index < -0.39 is 0 Å². The Morgan fingerprint density at radius 1 is 1.06 bits per heavy atom. The minimum absolute atomic E-state index is 0.183. The molecule has 2 aromatic heterocycles. The maximum atomic E-state index is 12.6. The molecule has 0 amide bonds. The van der Waals surface area contributed by atoms with E-state index in [1.165, 1.54) is 18.5 Å². The van der Waals surface area contributed by atoms with Crippen molar-refractivity contribution in [2.45, 2.75) is 0 Å². The van der Waals surface area contributed by atoms with Crippen molar-refractivity contribution in [3.8, 4) is 22.6 Å². The molecule has 4 aromatic rings. The number of hydrogen-bond acceptors (Lipinski definition) is 7. The minimum atomic E-state index is -0.269. The average molecular weight is 424 g/mol. The quantitative estimate of drug-likeness (QED) is 0.437. The van der Waals surface area contributed by atoms with Crippen LogP contribution in [0, 0.1) is 5.41 Å². The Morgan fingerprint density at radius 3 is 2.56 bits per heavy atom. The van der Waals surface area contributed by atoms with Crippen molar-refractivity contribution < 1.29 is 4.74 Å². The lowest BCUT2D eigenvalue weighted by molar-refractivity contribution is 0.411. The SMILES string of the molecule is COc1cc(-c2cncnc2)ccc1-n1ccc(=O)c(/C(=C/C=N)Nc2ccccc2)n1. The van der Waals surface area contributed by atoms with Gasteiger partial charge in [-0.2, -0.15) is 5.10 Å². The highest BCUT2D eigenvalue weighted by Gasteiger charge is 2.13. The lowest BCUT2D eigenvalue weighted by Gasteiger charge is -2.15. The van der Waals surface area contributed by atoms with Crippen molar-refractivity contribution in [1.82, 2.24) is 19.7 Å². The largest absolute Gasteiger partial charge is 0.494 e. The second-order valence-corrected chi connectivity index (χ2v) is 6.72. The second kappa shape index (κ2) is 9.48. The van der Waals surface area contributed by atoms with E-state index in [-0.39, 0.29) is 11.1 Å². The summed E-state index contributed by atoms with van der Waals surface area (Å²) >= 11 is 0. The van der Waals surface area contributed by atoms with Crippen molar-refractivity contribution in [3.05, 3.63) is 102 Å². The van der Waals surface area contributed by atoms with Crippen LogP contribution in [-0.2, 0) is 0 Å². The molecule has 0 aliphatic rings. The molecule has 0 atom stereocenters. The van der Waals surface area contributed by atoms with E-state index >= 15 is 0 Å². The van der Waals surface area contributed by atoms with Gasteiger partial charge < -0.3 is 15.5 Å². The number of ether oxygens (including phenoxy) is 1. The molecule has 0 spiro atoms. The van der Waals surface area contributed by atoms with E-state index in [1.807, 2.05) is 48.5 Å². The third-order valence-corrected chi connectivity index (χ3v) is 4.69. The van der Waals surface area contributed by atoms with Crippen LogP contribution in [0.2, 0.25) is 0 Å². The molecule has 0 fully saturated rings. The Kier molecular flexibility index (Phi) is 6.12. The predicted molar refractivity (Wildman–Crippen MR) is 124 cm³/mol. The molecule has 158 valence electrons. The zero-order chi connectivity index (χ0) is 22.3. The maximum Gasteiger partial charge on any atom is 0.209 e. The first-order valence-corrected chi connectivity index (χ1v) is 9.76. The summed E-state index contributed by atoms with van der Waals surface area (Å²) in [6.45, 7) is 0. The molecule has 0 saturated heterocycles. The Hall–Kier alpha value is -4.59. The highest BCUT2D eigenvalue weighted by atomic mass is 16.5. The van der Waals surface area contributed by atoms with E-state index in [2.05, 4.69) is 20.4 Å². The number of methoxy groups -OCH3 is 1. The smallest absolute Gasteiger partial charge is 0.209 e. The zero-order valence-corrected chi connectivity index (χ0v) is 17.3. The van der Waals surface area contributed by atoms with Gasteiger partial charge in [-0.25, -0.2) is 14.6 Å². The van der Waals surface area contributed by atoms with Gasteiger partial charge in [0.05, 0.1) is 12.8 Å². The number of benzene rings is 2. The number of allylic oxidation sites excluding steroid dienone is 1. The van der Waals surface area contributed by atoms with Gasteiger partial charge in [0.2, 0.25) is 5.43 Å². The Labute approximate surface area is 184 Å². The highest BCUT2D eigenvalue weighted by Crippen LogP contribution is 2.29. The molecule has 0 aliphatic carbocycles. The summed E-state index contributed by atoms with van der Waals surface area (Å²) in [7, 11) is 1.57. The highest BCUT2D eigenvalue weighted by molar-refractivity contribution is 5.86. The van der Waals surface area contributed by atoms with Crippen molar-refractivity contribution >= 4 is 17.6 Å². The molecule has 0 saturated carbocycles. The Balaban J connectivity index is 1.76. The zero-order valence-electron chi connectivity index (χ0n) is 17.3. The molecule has 4 rings (SSSR count). The second-order valence-electron chi connectivity index (χ2n) is 6.72. The van der Waals surface area contributed by atoms with Crippen LogP contribution < -0.4 is 15.5 Å². The Morgan fingerprint density at radius 2 is 1.84 bits per heavy atom. The number of anilines is 1. The number of nitrogens with zero attached hydrogens (tertiary/aromatic N) is 4. The summed E-state index contributed by atoms with van der Waals surface area (Å²) in [4.78, 5) is 20.7. The summed E-state index contributed by atoms with van der Waals surface area (Å²) < 4.78 is 7.16. The number of aromatic nitrogens is 4. The van der Waals surface area contributed by atoms with Gasteiger partial charge in [-0.15, -0.1) is 0 Å². The minimum Gasteiger partial charge on any atom is -0.494 e. The van der Waals surface area contributed by atoms with Crippen LogP contribution in [0.1, 0.15) is 5.69 Å². The summed E-state index contributed by atoms with van der Waals surface area (Å²) in [5.41, 5.74) is 3.52. The average Bonchev–Trinajstić information content (AvgIpc) is 2.85. The van der Waals surface area contributed by atoms with Crippen LogP contribution in [0.15, 0.2) is 90.4 Å². The van der Waals surface area contributed by atoms with Crippen molar-refractivity contribution in [2.75, 3.05) is 12.4 Å². The van der Waals surface area contributed by atoms with Crippen LogP contribution >= 0.6 is 0 Å². The normalized spacial score (nSPS) is 11.1. The molecule has 2 heterocycles. The van der Waals surface area contributed by atoms with Gasteiger partial charge in [0.15, 0.2) is 5.69 Å². The standard InChI is InChI=1S/C24H20N6O2/c1-32-23-13-17(18-14-26-16-27-15-18)7-8-21(23)30-12-10-22(31)24(29-30)20(9-11-25)28-19-5-3-2-4-6-19/h2-16,25,28H,1H3/b20-9-,25-11?. The first-order valence-electron chi connectivity index (χ1n) is 9.76. The van der Waals surface area contributed by atoms with Gasteiger partial charge in [-0.1, -0.05) is 24.3 Å². The van der Waals surface area contributed by atoms with Gasteiger partial charge in [0, 0.05) is 42.1 Å². The number of para-hydroxylation sites is 1. The van der Waals surface area contributed by atoms with Crippen LogP contribution in [0.25, 0.3) is 22.5 Å². The third kappa shape index (κ3) is 4.44. The lowest BCUT2D eigenvalue weighted by Crippen LogP contribution is -2.18. The molecule has 32 heavy (non-hydrogen) atoms. The molecule has 8 heteroatoms. The molecule has 2 aromatic carbocycles. The first-order chi connectivity index (χ1) is 15.7. The molecule has 0 aliphatic heterocycles. The molecule has 0 bridgehead atoms. The number of hydrogen-bond donors (Lipinski definition) is 2. The third-order valence-electron chi connectivity index (χ3n) is 4.69. The summed E-state index contributed by atoms with van der Waals surface area (Å²) in [5.74, 6) is 0.571.